The zero-order valence-electron chi connectivity index (χ0n) is 17.1. The van der Waals surface area contributed by atoms with Gasteiger partial charge in [-0.1, -0.05) is 43.7 Å². The molecule has 1 aliphatic rings. The number of nitrogens with zero attached hydrogens (tertiary/aromatic N) is 2. The molecule has 0 saturated carbocycles. The Morgan fingerprint density at radius 2 is 2.00 bits per heavy atom. The zero-order valence-corrected chi connectivity index (χ0v) is 19.5. The van der Waals surface area contributed by atoms with Crippen molar-refractivity contribution in [3.8, 4) is 0 Å². The third-order valence-corrected chi connectivity index (χ3v) is 5.09. The average Bonchev–Trinajstić information content (AvgIpc) is 2.64. The summed E-state index contributed by atoms with van der Waals surface area (Å²) in [6, 6.07) is 8.64. The van der Waals surface area contributed by atoms with Crippen LogP contribution in [0.3, 0.4) is 0 Å². The summed E-state index contributed by atoms with van der Waals surface area (Å²) in [6.45, 7) is 9.75. The molecule has 1 aromatic carbocycles. The second-order valence-electron chi connectivity index (χ2n) is 7.53. The van der Waals surface area contributed by atoms with Crippen LogP contribution < -0.4 is 10.6 Å². The zero-order chi connectivity index (χ0) is 18.9. The Morgan fingerprint density at radius 3 is 2.63 bits per heavy atom. The summed E-state index contributed by atoms with van der Waals surface area (Å²) in [5, 5.41) is 6.61. The van der Waals surface area contributed by atoms with Crippen molar-refractivity contribution in [1.29, 1.82) is 0 Å². The van der Waals surface area contributed by atoms with Crippen molar-refractivity contribution >= 4 is 35.8 Å². The topological polar surface area (TPSA) is 56.7 Å². The lowest BCUT2D eigenvalue weighted by atomic mass is 10.00. The monoisotopic (exact) mass is 486 g/mol. The lowest BCUT2D eigenvalue weighted by Gasteiger charge is -2.31. The number of piperidine rings is 1. The number of carbonyl (C=O) groups is 1. The number of aliphatic imine (C=N–C) groups is 1. The number of carbonyl (C=O) groups excluding carboxylic acids is 1. The number of nitrogens with one attached hydrogen (secondary N) is 2. The molecule has 0 aliphatic carbocycles. The number of amides is 1. The highest BCUT2D eigenvalue weighted by atomic mass is 127. The Morgan fingerprint density at radius 1 is 1.30 bits per heavy atom. The number of rotatable bonds is 6. The second-order valence-corrected chi connectivity index (χ2v) is 7.53. The van der Waals surface area contributed by atoms with E-state index in [4.69, 9.17) is 0 Å². The van der Waals surface area contributed by atoms with Gasteiger partial charge in [0.15, 0.2) is 5.96 Å². The van der Waals surface area contributed by atoms with Gasteiger partial charge in [0.05, 0.1) is 0 Å². The minimum absolute atomic E-state index is 0. The highest BCUT2D eigenvalue weighted by molar-refractivity contribution is 14.0. The third-order valence-electron chi connectivity index (χ3n) is 5.09. The van der Waals surface area contributed by atoms with Gasteiger partial charge in [0.2, 0.25) is 5.91 Å². The van der Waals surface area contributed by atoms with E-state index in [0.29, 0.717) is 24.8 Å². The van der Waals surface area contributed by atoms with Gasteiger partial charge in [-0.15, -0.1) is 24.0 Å². The minimum atomic E-state index is 0. The van der Waals surface area contributed by atoms with Gasteiger partial charge in [-0.25, -0.2) is 0 Å². The van der Waals surface area contributed by atoms with E-state index in [-0.39, 0.29) is 29.9 Å². The first-order valence-corrected chi connectivity index (χ1v) is 9.78. The molecule has 2 rings (SSSR count). The van der Waals surface area contributed by atoms with Gasteiger partial charge in [0.25, 0.3) is 0 Å². The second kappa shape index (κ2) is 12.2. The van der Waals surface area contributed by atoms with E-state index in [1.54, 1.807) is 7.05 Å². The number of hydrogen-bond donors (Lipinski definition) is 2. The molecule has 0 radical (unpaired) electrons. The van der Waals surface area contributed by atoms with E-state index >= 15 is 0 Å². The van der Waals surface area contributed by atoms with E-state index in [1.165, 1.54) is 17.5 Å². The van der Waals surface area contributed by atoms with Gasteiger partial charge in [0, 0.05) is 39.6 Å². The summed E-state index contributed by atoms with van der Waals surface area (Å²) in [6.07, 6.45) is 2.87. The first-order chi connectivity index (χ1) is 12.5. The molecule has 0 aromatic heterocycles. The highest BCUT2D eigenvalue weighted by Gasteiger charge is 2.20. The molecule has 2 unspecified atom stereocenters. The molecule has 1 heterocycles. The molecule has 152 valence electrons. The van der Waals surface area contributed by atoms with Gasteiger partial charge in [-0.3, -0.25) is 9.79 Å². The van der Waals surface area contributed by atoms with Gasteiger partial charge in [-0.2, -0.15) is 0 Å². The fourth-order valence-corrected chi connectivity index (χ4v) is 3.35. The van der Waals surface area contributed by atoms with Crippen molar-refractivity contribution in [2.24, 2.45) is 10.9 Å². The van der Waals surface area contributed by atoms with Crippen LogP contribution in [0.5, 0.6) is 0 Å². The molecular weight excluding hydrogens is 451 g/mol. The maximum Gasteiger partial charge on any atom is 0.224 e. The molecule has 2 atom stereocenters. The van der Waals surface area contributed by atoms with Crippen LogP contribution in [-0.2, 0) is 4.79 Å². The molecule has 0 bridgehead atoms. The van der Waals surface area contributed by atoms with Crippen LogP contribution in [0.2, 0.25) is 0 Å². The Hall–Kier alpha value is -1.31. The maximum atomic E-state index is 12.3. The van der Waals surface area contributed by atoms with Crippen molar-refractivity contribution in [2.75, 3.05) is 33.2 Å². The number of hydrogen-bond acceptors (Lipinski definition) is 2. The van der Waals surface area contributed by atoms with Gasteiger partial charge in [0.1, 0.15) is 0 Å². The molecule has 1 aliphatic heterocycles. The van der Waals surface area contributed by atoms with E-state index < -0.39 is 0 Å². The Bertz CT molecular complexity index is 603. The molecule has 27 heavy (non-hydrogen) atoms. The summed E-state index contributed by atoms with van der Waals surface area (Å²) < 4.78 is 0. The summed E-state index contributed by atoms with van der Waals surface area (Å²) in [5.41, 5.74) is 2.59. The predicted octanol–water partition coefficient (Wildman–Crippen LogP) is 3.53. The molecule has 1 amide bonds. The first kappa shape index (κ1) is 23.7. The summed E-state index contributed by atoms with van der Waals surface area (Å²) in [5.74, 6) is 2.01. The van der Waals surface area contributed by atoms with Crippen molar-refractivity contribution in [2.45, 2.75) is 46.0 Å². The number of aryl methyl sites for hydroxylation is 1. The SMILES string of the molecule is CN=C(NCCC(=O)N1CCCC(C)C1)NCC(C)c1ccc(C)cc1.I. The van der Waals surface area contributed by atoms with Crippen LogP contribution in [0.1, 0.15) is 50.2 Å². The van der Waals surface area contributed by atoms with Crippen molar-refractivity contribution < 1.29 is 4.79 Å². The Labute approximate surface area is 181 Å². The van der Waals surface area contributed by atoms with Gasteiger partial charge < -0.3 is 15.5 Å². The van der Waals surface area contributed by atoms with Crippen molar-refractivity contribution in [3.63, 3.8) is 0 Å². The van der Waals surface area contributed by atoms with Gasteiger partial charge in [-0.05, 0) is 37.2 Å². The van der Waals surface area contributed by atoms with Crippen LogP contribution in [0.4, 0.5) is 0 Å². The third kappa shape index (κ3) is 8.07. The van der Waals surface area contributed by atoms with E-state index in [2.05, 4.69) is 60.7 Å². The summed E-state index contributed by atoms with van der Waals surface area (Å²) in [7, 11) is 1.76. The number of halogens is 1. The fraction of sp³-hybridized carbons (Fsp3) is 0.619. The van der Waals surface area contributed by atoms with E-state index in [9.17, 15) is 4.79 Å². The molecule has 5 nitrogen and oxygen atoms in total. The molecular formula is C21H35IN4O. The normalized spacial score (nSPS) is 18.4. The Kier molecular flexibility index (Phi) is 10.7. The average molecular weight is 486 g/mol. The molecule has 1 fully saturated rings. The van der Waals surface area contributed by atoms with Crippen molar-refractivity contribution in [1.82, 2.24) is 15.5 Å². The van der Waals surface area contributed by atoms with Gasteiger partial charge >= 0.3 is 0 Å². The lowest BCUT2D eigenvalue weighted by molar-refractivity contribution is -0.132. The van der Waals surface area contributed by atoms with Crippen LogP contribution in [0.15, 0.2) is 29.3 Å². The largest absolute Gasteiger partial charge is 0.356 e. The Balaban J connectivity index is 0.00000364. The first-order valence-electron chi connectivity index (χ1n) is 9.78. The van der Waals surface area contributed by atoms with Crippen LogP contribution >= 0.6 is 24.0 Å². The fourth-order valence-electron chi connectivity index (χ4n) is 3.35. The van der Waals surface area contributed by atoms with Crippen LogP contribution in [0.25, 0.3) is 0 Å². The number of benzene rings is 1. The predicted molar refractivity (Wildman–Crippen MR) is 124 cm³/mol. The molecule has 2 N–H and O–H groups in total. The summed E-state index contributed by atoms with van der Waals surface area (Å²) in [4.78, 5) is 18.6. The van der Waals surface area contributed by atoms with Crippen LogP contribution in [0, 0.1) is 12.8 Å². The number of likely N-dealkylation sites (tertiary alicyclic amines) is 1. The van der Waals surface area contributed by atoms with Crippen LogP contribution in [-0.4, -0.2) is 50.0 Å². The molecule has 1 saturated heterocycles. The van der Waals surface area contributed by atoms with E-state index in [0.717, 1.165) is 32.0 Å². The molecule has 1 aromatic rings. The highest BCUT2D eigenvalue weighted by Crippen LogP contribution is 2.16. The quantitative estimate of drug-likeness (QED) is 0.368. The molecule has 0 spiro atoms. The summed E-state index contributed by atoms with van der Waals surface area (Å²) >= 11 is 0. The standard InChI is InChI=1S/C21H34N4O.HI/c1-16-7-9-19(10-8-16)18(3)14-24-21(22-4)23-12-11-20(26)25-13-5-6-17(2)15-25;/h7-10,17-18H,5-6,11-15H2,1-4H3,(H2,22,23,24);1H. The van der Waals surface area contributed by atoms with Crippen molar-refractivity contribution in [3.05, 3.63) is 35.4 Å². The minimum Gasteiger partial charge on any atom is -0.356 e. The number of guanidine groups is 1. The maximum absolute atomic E-state index is 12.3. The van der Waals surface area contributed by atoms with E-state index in [1.807, 2.05) is 4.90 Å². The lowest BCUT2D eigenvalue weighted by Crippen LogP contribution is -2.43. The smallest absolute Gasteiger partial charge is 0.224 e. The molecule has 6 heteroatoms.